The van der Waals surface area contributed by atoms with Crippen LogP contribution < -0.4 is 5.32 Å². The summed E-state index contributed by atoms with van der Waals surface area (Å²) in [6.07, 6.45) is 1.00. The molecule has 1 aromatic carbocycles. The summed E-state index contributed by atoms with van der Waals surface area (Å²) >= 11 is 1.15. The van der Waals surface area contributed by atoms with Crippen LogP contribution in [-0.4, -0.2) is 46.2 Å². The molecule has 1 amide bonds. The van der Waals surface area contributed by atoms with E-state index in [1.807, 2.05) is 19.1 Å². The fourth-order valence-corrected chi connectivity index (χ4v) is 3.67. The van der Waals surface area contributed by atoms with Crippen LogP contribution in [0.3, 0.4) is 0 Å². The summed E-state index contributed by atoms with van der Waals surface area (Å²) in [5, 5.41) is 6.96. The molecule has 1 aliphatic rings. The Morgan fingerprint density at radius 2 is 2.28 bits per heavy atom. The highest BCUT2D eigenvalue weighted by molar-refractivity contribution is 7.08. The molecule has 0 aliphatic carbocycles. The first kappa shape index (κ1) is 18.0. The number of carbonyl (C=O) groups excluding carboxylic acids is 1. The van der Waals surface area contributed by atoms with Gasteiger partial charge in [0.2, 0.25) is 0 Å². The SMILES string of the molecule is CCc1nnsc1C(=O)NCc1cccc(CN2CCOC(C)C2)c1. The van der Waals surface area contributed by atoms with Gasteiger partial charge in [0, 0.05) is 26.2 Å². The summed E-state index contributed by atoms with van der Waals surface area (Å²) in [5.74, 6) is -0.0979. The van der Waals surface area contributed by atoms with Crippen LogP contribution >= 0.6 is 11.5 Å². The third-order valence-corrected chi connectivity index (χ3v) is 5.04. The second-order valence-electron chi connectivity index (χ2n) is 6.32. The maximum Gasteiger partial charge on any atom is 0.265 e. The van der Waals surface area contributed by atoms with Crippen LogP contribution in [0.2, 0.25) is 0 Å². The van der Waals surface area contributed by atoms with E-state index in [2.05, 4.69) is 38.9 Å². The van der Waals surface area contributed by atoms with E-state index in [-0.39, 0.29) is 12.0 Å². The molecule has 1 N–H and O–H groups in total. The van der Waals surface area contributed by atoms with E-state index in [9.17, 15) is 4.79 Å². The third-order valence-electron chi connectivity index (χ3n) is 4.27. The molecule has 1 atom stereocenters. The van der Waals surface area contributed by atoms with Crippen molar-refractivity contribution >= 4 is 17.4 Å². The molecule has 1 aliphatic heterocycles. The number of rotatable bonds is 6. The molecule has 1 aromatic heterocycles. The van der Waals surface area contributed by atoms with Crippen LogP contribution in [0.4, 0.5) is 0 Å². The van der Waals surface area contributed by atoms with Crippen LogP contribution in [0.1, 0.15) is 40.3 Å². The van der Waals surface area contributed by atoms with Gasteiger partial charge in [-0.2, -0.15) is 0 Å². The summed E-state index contributed by atoms with van der Waals surface area (Å²) in [5.41, 5.74) is 3.12. The van der Waals surface area contributed by atoms with Crippen molar-refractivity contribution in [1.29, 1.82) is 0 Å². The van der Waals surface area contributed by atoms with Gasteiger partial charge >= 0.3 is 0 Å². The lowest BCUT2D eigenvalue weighted by Crippen LogP contribution is -2.40. The van der Waals surface area contributed by atoms with Crippen molar-refractivity contribution < 1.29 is 9.53 Å². The molecule has 134 valence electrons. The second-order valence-corrected chi connectivity index (χ2v) is 7.08. The molecule has 6 nitrogen and oxygen atoms in total. The summed E-state index contributed by atoms with van der Waals surface area (Å²) in [4.78, 5) is 15.3. The van der Waals surface area contributed by atoms with Crippen molar-refractivity contribution in [3.05, 3.63) is 46.0 Å². The Hall–Kier alpha value is -1.83. The largest absolute Gasteiger partial charge is 0.376 e. The number of benzene rings is 1. The number of carbonyl (C=O) groups is 1. The Balaban J connectivity index is 1.57. The third kappa shape index (κ3) is 4.84. The number of amides is 1. The van der Waals surface area contributed by atoms with Gasteiger partial charge in [0.25, 0.3) is 5.91 Å². The highest BCUT2D eigenvalue weighted by Gasteiger charge is 2.17. The smallest absolute Gasteiger partial charge is 0.265 e. The van der Waals surface area contributed by atoms with Crippen molar-refractivity contribution in [2.45, 2.75) is 39.5 Å². The van der Waals surface area contributed by atoms with Gasteiger partial charge < -0.3 is 10.1 Å². The van der Waals surface area contributed by atoms with Crippen molar-refractivity contribution in [3.8, 4) is 0 Å². The Labute approximate surface area is 152 Å². The van der Waals surface area contributed by atoms with Crippen LogP contribution in [0.25, 0.3) is 0 Å². The van der Waals surface area contributed by atoms with Crippen molar-refractivity contribution in [3.63, 3.8) is 0 Å². The molecule has 1 unspecified atom stereocenters. The van der Waals surface area contributed by atoms with Crippen LogP contribution in [0, 0.1) is 0 Å². The summed E-state index contributed by atoms with van der Waals surface area (Å²) in [7, 11) is 0. The maximum atomic E-state index is 12.3. The highest BCUT2D eigenvalue weighted by atomic mass is 32.1. The molecule has 0 saturated carbocycles. The van der Waals surface area contributed by atoms with Crippen molar-refractivity contribution in [1.82, 2.24) is 19.8 Å². The Bertz CT molecular complexity index is 719. The number of morpholine rings is 1. The molecule has 2 heterocycles. The first-order valence-corrected chi connectivity index (χ1v) is 9.44. The van der Waals surface area contributed by atoms with E-state index in [0.29, 0.717) is 17.8 Å². The zero-order chi connectivity index (χ0) is 17.6. The van der Waals surface area contributed by atoms with Gasteiger partial charge in [0.05, 0.1) is 18.4 Å². The Morgan fingerprint density at radius 1 is 1.44 bits per heavy atom. The molecule has 1 saturated heterocycles. The first-order valence-electron chi connectivity index (χ1n) is 8.67. The van der Waals surface area contributed by atoms with E-state index in [4.69, 9.17) is 4.74 Å². The normalized spacial score (nSPS) is 18.2. The zero-order valence-electron chi connectivity index (χ0n) is 14.7. The number of nitrogens with one attached hydrogen (secondary N) is 1. The molecule has 1 fully saturated rings. The monoisotopic (exact) mass is 360 g/mol. The summed E-state index contributed by atoms with van der Waals surface area (Å²) in [6, 6.07) is 8.38. The predicted molar refractivity (Wildman–Crippen MR) is 97.6 cm³/mol. The van der Waals surface area contributed by atoms with Gasteiger partial charge in [-0.3, -0.25) is 9.69 Å². The van der Waals surface area contributed by atoms with Gasteiger partial charge in [-0.25, -0.2) is 0 Å². The van der Waals surface area contributed by atoms with E-state index >= 15 is 0 Å². The number of ether oxygens (including phenoxy) is 1. The average molecular weight is 360 g/mol. The molecule has 3 rings (SSSR count). The molecule has 0 spiro atoms. The highest BCUT2D eigenvalue weighted by Crippen LogP contribution is 2.14. The maximum absolute atomic E-state index is 12.3. The minimum Gasteiger partial charge on any atom is -0.376 e. The van der Waals surface area contributed by atoms with E-state index in [1.54, 1.807) is 0 Å². The van der Waals surface area contributed by atoms with Crippen molar-refractivity contribution in [2.75, 3.05) is 19.7 Å². The number of aryl methyl sites for hydroxylation is 1. The fourth-order valence-electron chi connectivity index (χ4n) is 3.01. The number of aromatic nitrogens is 2. The summed E-state index contributed by atoms with van der Waals surface area (Å²) < 4.78 is 9.46. The van der Waals surface area contributed by atoms with Crippen molar-refractivity contribution in [2.24, 2.45) is 0 Å². The fraction of sp³-hybridized carbons (Fsp3) is 0.500. The average Bonchev–Trinajstić information content (AvgIpc) is 3.09. The van der Waals surface area contributed by atoms with Gasteiger partial charge in [-0.15, -0.1) is 5.10 Å². The minimum atomic E-state index is -0.0979. The first-order chi connectivity index (χ1) is 12.2. The second kappa shape index (κ2) is 8.51. The number of nitrogens with zero attached hydrogens (tertiary/aromatic N) is 3. The lowest BCUT2D eigenvalue weighted by atomic mass is 10.1. The summed E-state index contributed by atoms with van der Waals surface area (Å²) in [6.45, 7) is 8.21. The van der Waals surface area contributed by atoms with Crippen LogP contribution in [0.15, 0.2) is 24.3 Å². The minimum absolute atomic E-state index is 0.0979. The van der Waals surface area contributed by atoms with Crippen LogP contribution in [-0.2, 0) is 24.2 Å². The Kier molecular flexibility index (Phi) is 6.12. The molecule has 25 heavy (non-hydrogen) atoms. The molecular weight excluding hydrogens is 336 g/mol. The molecule has 0 radical (unpaired) electrons. The van der Waals surface area contributed by atoms with Gasteiger partial charge in [-0.1, -0.05) is 35.7 Å². The van der Waals surface area contributed by atoms with Gasteiger partial charge in [0.15, 0.2) is 0 Å². The molecule has 7 heteroatoms. The molecule has 2 aromatic rings. The molecule has 0 bridgehead atoms. The quantitative estimate of drug-likeness (QED) is 0.856. The van der Waals surface area contributed by atoms with E-state index in [1.165, 1.54) is 5.56 Å². The zero-order valence-corrected chi connectivity index (χ0v) is 15.5. The standard InChI is InChI=1S/C18H24N4O2S/c1-3-16-17(25-21-20-16)18(23)19-10-14-5-4-6-15(9-14)12-22-7-8-24-13(2)11-22/h4-6,9,13H,3,7-8,10-12H2,1-2H3,(H,19,23). The number of hydrogen-bond donors (Lipinski definition) is 1. The lowest BCUT2D eigenvalue weighted by Gasteiger charge is -2.31. The lowest BCUT2D eigenvalue weighted by molar-refractivity contribution is -0.0212. The topological polar surface area (TPSA) is 67.4 Å². The predicted octanol–water partition coefficient (Wildman–Crippen LogP) is 2.25. The molecular formula is C18H24N4O2S. The van der Waals surface area contributed by atoms with Gasteiger partial charge in [0.1, 0.15) is 4.88 Å². The Morgan fingerprint density at radius 3 is 3.08 bits per heavy atom. The van der Waals surface area contributed by atoms with Crippen LogP contribution in [0.5, 0.6) is 0 Å². The van der Waals surface area contributed by atoms with Gasteiger partial charge in [-0.05, 0) is 36.0 Å². The van der Waals surface area contributed by atoms with E-state index in [0.717, 1.165) is 49.0 Å². The number of hydrogen-bond acceptors (Lipinski definition) is 6. The van der Waals surface area contributed by atoms with E-state index < -0.39 is 0 Å².